The quantitative estimate of drug-likeness (QED) is 0.651. The summed E-state index contributed by atoms with van der Waals surface area (Å²) in [6, 6.07) is 2.97. The zero-order chi connectivity index (χ0) is 16.8. The van der Waals surface area contributed by atoms with Gasteiger partial charge in [-0.2, -0.15) is 0 Å². The molecule has 1 aromatic heterocycles. The summed E-state index contributed by atoms with van der Waals surface area (Å²) >= 11 is 18.0. The van der Waals surface area contributed by atoms with E-state index in [-0.39, 0.29) is 53.2 Å². The van der Waals surface area contributed by atoms with Gasteiger partial charge in [-0.05, 0) is 18.6 Å². The first kappa shape index (κ1) is 21.9. The number of benzene rings is 1. The summed E-state index contributed by atoms with van der Waals surface area (Å²) in [5, 5.41) is 1.12. The van der Waals surface area contributed by atoms with E-state index in [9.17, 15) is 4.79 Å². The first-order valence-corrected chi connectivity index (χ1v) is 8.21. The Hall–Kier alpha value is -0.170. The molecule has 5 nitrogen and oxygen atoms in total. The summed E-state index contributed by atoms with van der Waals surface area (Å²) in [7, 11) is 0. The van der Waals surface area contributed by atoms with Gasteiger partial charge >= 0.3 is 43.8 Å². The molecule has 0 saturated heterocycles. The third-order valence-electron chi connectivity index (χ3n) is 3.06. The van der Waals surface area contributed by atoms with Crippen LogP contribution >= 0.6 is 34.8 Å². The first-order valence-electron chi connectivity index (χ1n) is 7.07. The molecule has 0 bridgehead atoms. The van der Waals surface area contributed by atoms with Gasteiger partial charge in [0, 0.05) is 24.0 Å². The number of ether oxygens (including phenoxy) is 1. The van der Waals surface area contributed by atoms with Crippen LogP contribution in [0.4, 0.5) is 4.79 Å². The zero-order valence-corrected chi connectivity index (χ0v) is 17.7. The van der Waals surface area contributed by atoms with Crippen LogP contribution < -0.4 is 4.74 Å². The van der Waals surface area contributed by atoms with Crippen LogP contribution in [-0.2, 0) is 0 Å². The van der Waals surface area contributed by atoms with E-state index in [0.29, 0.717) is 33.9 Å². The van der Waals surface area contributed by atoms with Crippen molar-refractivity contribution in [1.29, 1.82) is 0 Å². The topological polar surface area (TPSA) is 47.4 Å². The zero-order valence-electron chi connectivity index (χ0n) is 15.2. The minimum Gasteiger partial charge on any atom is -1.00 e. The second-order valence-electron chi connectivity index (χ2n) is 4.79. The van der Waals surface area contributed by atoms with E-state index in [1.54, 1.807) is 29.4 Å². The predicted molar refractivity (Wildman–Crippen MR) is 99.8 cm³/mol. The average molecular weight is 419 g/mol. The van der Waals surface area contributed by atoms with Crippen LogP contribution in [-0.4, -0.2) is 77.9 Å². The fourth-order valence-corrected chi connectivity index (χ4v) is 2.96. The van der Waals surface area contributed by atoms with Crippen molar-refractivity contribution >= 4 is 78.6 Å². The number of hydrogen-bond acceptors (Lipinski definition) is 3. The Labute approximate surface area is 188 Å². The molecule has 0 atom stereocenters. The van der Waals surface area contributed by atoms with Gasteiger partial charge in [-0.1, -0.05) is 41.7 Å². The van der Waals surface area contributed by atoms with Crippen LogP contribution in [0, 0.1) is 0 Å². The Morgan fingerprint density at radius 3 is 2.50 bits per heavy atom. The Bertz CT molecular complexity index is 655. The smallest absolute Gasteiger partial charge is 1.00 e. The molecule has 0 fully saturated rings. The fourth-order valence-electron chi connectivity index (χ4n) is 2.03. The van der Waals surface area contributed by atoms with E-state index in [0.717, 1.165) is 6.42 Å². The molecule has 0 unspecified atom stereocenters. The third kappa shape index (κ3) is 5.97. The maximum atomic E-state index is 12.3. The normalized spacial score (nSPS) is 10.2. The van der Waals surface area contributed by atoms with Crippen molar-refractivity contribution < 1.29 is 12.4 Å². The van der Waals surface area contributed by atoms with Crippen molar-refractivity contribution in [2.24, 2.45) is 0 Å². The fraction of sp³-hybridized carbons (Fsp3) is 0.333. The molecule has 24 heavy (non-hydrogen) atoms. The number of halogens is 3. The van der Waals surface area contributed by atoms with E-state index in [2.05, 4.69) is 4.98 Å². The predicted octanol–water partition coefficient (Wildman–Crippen LogP) is 4.45. The van der Waals surface area contributed by atoms with Gasteiger partial charge in [0.1, 0.15) is 12.9 Å². The Balaban J connectivity index is 0. The number of imidazole rings is 1. The van der Waals surface area contributed by atoms with Crippen LogP contribution in [0.2, 0.25) is 15.1 Å². The number of carbonyl (C=O) groups excluding carboxylic acids is 1. The van der Waals surface area contributed by atoms with E-state index in [1.807, 2.05) is 6.92 Å². The first-order chi connectivity index (χ1) is 11.0. The van der Waals surface area contributed by atoms with Gasteiger partial charge in [0.2, 0.25) is 0 Å². The molecule has 128 valence electrons. The number of aromatic nitrogens is 2. The molecule has 0 saturated carbocycles. The third-order valence-corrected chi connectivity index (χ3v) is 3.84. The second kappa shape index (κ2) is 10.7. The molecule has 1 aromatic carbocycles. The Morgan fingerprint density at radius 1 is 1.29 bits per heavy atom. The minimum absolute atomic E-state index is 0. The Morgan fingerprint density at radius 2 is 1.96 bits per heavy atom. The second-order valence-corrected chi connectivity index (χ2v) is 6.04. The molecule has 0 N–H and O–H groups in total. The standard InChI is InChI=1S/C15H16Cl3N3O2.Ca.2H/c1-2-4-20(15(22)21-5-3-19-10-21)6-7-23-14-12(17)8-11(16)9-13(14)18;;;/h3,5,8-10H,2,4,6-7H2,1H3;;;/q;+2;2*-1. The van der Waals surface area contributed by atoms with Crippen molar-refractivity contribution in [2.75, 3.05) is 19.7 Å². The van der Waals surface area contributed by atoms with E-state index in [1.165, 1.54) is 10.9 Å². The van der Waals surface area contributed by atoms with Crippen molar-refractivity contribution in [1.82, 2.24) is 14.5 Å². The van der Waals surface area contributed by atoms with E-state index < -0.39 is 0 Å². The summed E-state index contributed by atoms with van der Waals surface area (Å²) < 4.78 is 7.05. The molecule has 0 aliphatic rings. The number of amides is 1. The van der Waals surface area contributed by atoms with Crippen molar-refractivity contribution in [3.05, 3.63) is 45.9 Å². The SMILES string of the molecule is CCCN(CCOc1c(Cl)cc(Cl)cc1Cl)C(=O)n1ccnc1.[Ca+2].[H-].[H-]. The number of hydrogen-bond donors (Lipinski definition) is 0. The summed E-state index contributed by atoms with van der Waals surface area (Å²) in [4.78, 5) is 17.9. The molecule has 2 rings (SSSR count). The minimum atomic E-state index is -0.152. The maximum Gasteiger partial charge on any atom is 2.00 e. The van der Waals surface area contributed by atoms with Gasteiger partial charge in [0.25, 0.3) is 0 Å². The van der Waals surface area contributed by atoms with Gasteiger partial charge in [-0.3, -0.25) is 4.57 Å². The van der Waals surface area contributed by atoms with Crippen LogP contribution in [0.15, 0.2) is 30.9 Å². The molecule has 0 radical (unpaired) electrons. The molecule has 0 aliphatic carbocycles. The van der Waals surface area contributed by atoms with Crippen molar-refractivity contribution in [3.63, 3.8) is 0 Å². The number of nitrogens with zero attached hydrogens (tertiary/aromatic N) is 3. The van der Waals surface area contributed by atoms with Gasteiger partial charge in [-0.15, -0.1) is 0 Å². The molecule has 1 heterocycles. The summed E-state index contributed by atoms with van der Waals surface area (Å²) in [6.45, 7) is 3.28. The van der Waals surface area contributed by atoms with Crippen LogP contribution in [0.5, 0.6) is 5.75 Å². The number of rotatable bonds is 6. The van der Waals surface area contributed by atoms with E-state index in [4.69, 9.17) is 39.5 Å². The molecule has 2 aromatic rings. The molecular formula is C15H18CaCl3N3O2. The van der Waals surface area contributed by atoms with Gasteiger partial charge < -0.3 is 12.5 Å². The molecule has 9 heteroatoms. The molecule has 0 spiro atoms. The maximum absolute atomic E-state index is 12.3. The van der Waals surface area contributed by atoms with Crippen molar-refractivity contribution in [2.45, 2.75) is 13.3 Å². The number of carbonyl (C=O) groups is 1. The Kier molecular flexibility index (Phi) is 9.79. The molecular weight excluding hydrogens is 401 g/mol. The molecule has 1 amide bonds. The monoisotopic (exact) mass is 417 g/mol. The average Bonchev–Trinajstić information content (AvgIpc) is 3.02. The summed E-state index contributed by atoms with van der Waals surface area (Å²) in [5.74, 6) is 0.365. The summed E-state index contributed by atoms with van der Waals surface area (Å²) in [5.41, 5.74) is 0. The van der Waals surface area contributed by atoms with Gasteiger partial charge in [0.05, 0.1) is 16.6 Å². The van der Waals surface area contributed by atoms with Crippen LogP contribution in [0.25, 0.3) is 0 Å². The largest absolute Gasteiger partial charge is 2.00 e. The van der Waals surface area contributed by atoms with Gasteiger partial charge in [-0.25, -0.2) is 9.78 Å². The van der Waals surface area contributed by atoms with Crippen molar-refractivity contribution in [3.8, 4) is 5.75 Å². The summed E-state index contributed by atoms with van der Waals surface area (Å²) in [6.07, 6.45) is 5.48. The van der Waals surface area contributed by atoms with Crippen LogP contribution in [0.3, 0.4) is 0 Å². The van der Waals surface area contributed by atoms with Gasteiger partial charge in [0.15, 0.2) is 5.75 Å². The van der Waals surface area contributed by atoms with Crippen LogP contribution in [0.1, 0.15) is 16.2 Å². The van der Waals surface area contributed by atoms with E-state index >= 15 is 0 Å². The molecule has 0 aliphatic heterocycles.